The van der Waals surface area contributed by atoms with Crippen LogP contribution in [0.15, 0.2) is 57.7 Å². The predicted octanol–water partition coefficient (Wildman–Crippen LogP) is 3.91. The average molecular weight is 536 g/mol. The molecule has 1 saturated heterocycles. The SMILES string of the molecule is COc1cc([C@H](CC(=O)NC[C@H](c2ccc(N(C)C)cc2)N2CCCC2)c2oc(C)cc(=O)c2O)ccc1O. The Kier molecular flexibility index (Phi) is 8.81. The minimum atomic E-state index is -0.781. The van der Waals surface area contributed by atoms with Crippen LogP contribution in [0.25, 0.3) is 0 Å². The second-order valence-corrected chi connectivity index (χ2v) is 10.2. The highest BCUT2D eigenvalue weighted by atomic mass is 16.5. The topological polar surface area (TPSA) is 115 Å². The van der Waals surface area contributed by atoms with Crippen LogP contribution >= 0.6 is 0 Å². The minimum absolute atomic E-state index is 0.00161. The summed E-state index contributed by atoms with van der Waals surface area (Å²) in [4.78, 5) is 30.2. The third-order valence-corrected chi connectivity index (χ3v) is 7.25. The lowest BCUT2D eigenvalue weighted by atomic mass is 9.91. The monoisotopic (exact) mass is 535 g/mol. The van der Waals surface area contributed by atoms with E-state index in [-0.39, 0.29) is 35.6 Å². The summed E-state index contributed by atoms with van der Waals surface area (Å²) < 4.78 is 11.0. The number of anilines is 1. The Morgan fingerprint density at radius 2 is 1.74 bits per heavy atom. The van der Waals surface area contributed by atoms with E-state index in [0.717, 1.165) is 37.2 Å². The molecule has 1 aliphatic heterocycles. The maximum atomic E-state index is 13.4. The first kappa shape index (κ1) is 28.0. The van der Waals surface area contributed by atoms with Crippen molar-refractivity contribution >= 4 is 11.6 Å². The second-order valence-electron chi connectivity index (χ2n) is 10.2. The van der Waals surface area contributed by atoms with Crippen LogP contribution in [0.4, 0.5) is 5.69 Å². The molecule has 9 heteroatoms. The summed E-state index contributed by atoms with van der Waals surface area (Å²) in [6.45, 7) is 3.96. The van der Waals surface area contributed by atoms with E-state index in [1.54, 1.807) is 19.1 Å². The largest absolute Gasteiger partial charge is 0.504 e. The van der Waals surface area contributed by atoms with Gasteiger partial charge in [0, 0.05) is 38.8 Å². The van der Waals surface area contributed by atoms with E-state index in [1.807, 2.05) is 19.0 Å². The van der Waals surface area contributed by atoms with Crippen molar-refractivity contribution in [2.24, 2.45) is 0 Å². The van der Waals surface area contributed by atoms with E-state index < -0.39 is 17.1 Å². The van der Waals surface area contributed by atoms with Gasteiger partial charge in [-0.25, -0.2) is 0 Å². The molecule has 2 heterocycles. The molecule has 0 saturated carbocycles. The van der Waals surface area contributed by atoms with Gasteiger partial charge < -0.3 is 29.6 Å². The number of methoxy groups -OCH3 is 1. The number of ether oxygens (including phenoxy) is 1. The predicted molar refractivity (Wildman–Crippen MR) is 150 cm³/mol. The van der Waals surface area contributed by atoms with Crippen molar-refractivity contribution in [1.82, 2.24) is 10.2 Å². The van der Waals surface area contributed by atoms with Gasteiger partial charge in [0.15, 0.2) is 17.3 Å². The van der Waals surface area contributed by atoms with Gasteiger partial charge in [-0.15, -0.1) is 0 Å². The molecule has 2 aromatic carbocycles. The van der Waals surface area contributed by atoms with E-state index in [4.69, 9.17) is 9.15 Å². The zero-order valence-electron chi connectivity index (χ0n) is 22.9. The first-order valence-electron chi connectivity index (χ1n) is 13.2. The van der Waals surface area contributed by atoms with E-state index in [9.17, 15) is 19.8 Å². The Labute approximate surface area is 228 Å². The van der Waals surface area contributed by atoms with Crippen molar-refractivity contribution in [1.29, 1.82) is 0 Å². The van der Waals surface area contributed by atoms with Crippen molar-refractivity contribution in [2.45, 2.75) is 38.1 Å². The van der Waals surface area contributed by atoms with Crippen molar-refractivity contribution in [2.75, 3.05) is 45.7 Å². The van der Waals surface area contributed by atoms with Gasteiger partial charge in [-0.2, -0.15) is 0 Å². The van der Waals surface area contributed by atoms with Crippen LogP contribution < -0.4 is 20.4 Å². The molecule has 0 bridgehead atoms. The van der Waals surface area contributed by atoms with Gasteiger partial charge in [0.1, 0.15) is 5.76 Å². The molecule has 3 aromatic rings. The average Bonchev–Trinajstić information content (AvgIpc) is 3.45. The molecule has 1 fully saturated rings. The number of phenols is 1. The number of hydrogen-bond acceptors (Lipinski definition) is 8. The Balaban J connectivity index is 1.59. The highest BCUT2D eigenvalue weighted by Gasteiger charge is 2.28. The van der Waals surface area contributed by atoms with Gasteiger partial charge in [0.25, 0.3) is 0 Å². The zero-order valence-corrected chi connectivity index (χ0v) is 22.9. The minimum Gasteiger partial charge on any atom is -0.504 e. The number of nitrogens with one attached hydrogen (secondary N) is 1. The summed E-state index contributed by atoms with van der Waals surface area (Å²) in [6.07, 6.45) is 2.16. The number of carbonyl (C=O) groups is 1. The van der Waals surface area contributed by atoms with E-state index in [1.165, 1.54) is 19.2 Å². The van der Waals surface area contributed by atoms with Gasteiger partial charge in [-0.05, 0) is 68.2 Å². The van der Waals surface area contributed by atoms with Crippen LogP contribution in [0, 0.1) is 6.92 Å². The number of hydrogen-bond donors (Lipinski definition) is 3. The fourth-order valence-electron chi connectivity index (χ4n) is 5.11. The summed E-state index contributed by atoms with van der Waals surface area (Å²) in [7, 11) is 5.43. The first-order chi connectivity index (χ1) is 18.7. The van der Waals surface area contributed by atoms with E-state index in [2.05, 4.69) is 34.5 Å². The number of likely N-dealkylation sites (tertiary alicyclic amines) is 1. The molecule has 1 aliphatic rings. The number of nitrogens with zero attached hydrogens (tertiary/aromatic N) is 2. The highest BCUT2D eigenvalue weighted by Crippen LogP contribution is 2.37. The number of benzene rings is 2. The fourth-order valence-corrected chi connectivity index (χ4v) is 5.11. The number of carbonyl (C=O) groups excluding carboxylic acids is 1. The van der Waals surface area contributed by atoms with Crippen LogP contribution in [0.5, 0.6) is 17.2 Å². The van der Waals surface area contributed by atoms with Gasteiger partial charge in [0.2, 0.25) is 17.1 Å². The lowest BCUT2D eigenvalue weighted by molar-refractivity contribution is -0.121. The molecule has 0 spiro atoms. The Morgan fingerprint density at radius 3 is 2.38 bits per heavy atom. The summed E-state index contributed by atoms with van der Waals surface area (Å²) in [5, 5.41) is 23.8. The standard InChI is InChI=1S/C30H37N3O6/c1-19-15-26(35)29(37)30(39-19)23(21-9-12-25(34)27(16-21)38-4)17-28(36)31-18-24(33-13-5-6-14-33)20-7-10-22(11-8-20)32(2)3/h7-12,15-16,23-24,34,37H,5-6,13-14,17-18H2,1-4H3,(H,31,36)/t23-,24+/m0/s1. The molecule has 0 aliphatic carbocycles. The van der Waals surface area contributed by atoms with Gasteiger partial charge in [-0.3, -0.25) is 14.5 Å². The quantitative estimate of drug-likeness (QED) is 0.358. The maximum Gasteiger partial charge on any atom is 0.227 e. The molecule has 208 valence electrons. The molecular weight excluding hydrogens is 498 g/mol. The van der Waals surface area contributed by atoms with Gasteiger partial charge in [0.05, 0.1) is 19.1 Å². The smallest absolute Gasteiger partial charge is 0.227 e. The normalized spacial score (nSPS) is 15.1. The molecule has 0 unspecified atom stereocenters. The molecule has 1 amide bonds. The number of amides is 1. The lowest BCUT2D eigenvalue weighted by Crippen LogP contribution is -2.37. The number of phenolic OH excluding ortho intramolecular Hbond substituents is 1. The Morgan fingerprint density at radius 1 is 1.08 bits per heavy atom. The fraction of sp³-hybridized carbons (Fsp3) is 0.400. The first-order valence-corrected chi connectivity index (χ1v) is 13.2. The lowest BCUT2D eigenvalue weighted by Gasteiger charge is -2.29. The van der Waals surface area contributed by atoms with Crippen LogP contribution in [0.2, 0.25) is 0 Å². The summed E-state index contributed by atoms with van der Waals surface area (Å²) in [6, 6.07) is 14.2. The van der Waals surface area contributed by atoms with Crippen LogP contribution in [-0.4, -0.2) is 61.9 Å². The van der Waals surface area contributed by atoms with Crippen molar-refractivity contribution in [3.05, 3.63) is 81.4 Å². The van der Waals surface area contributed by atoms with Crippen molar-refractivity contribution in [3.63, 3.8) is 0 Å². The molecule has 2 atom stereocenters. The van der Waals surface area contributed by atoms with Gasteiger partial charge >= 0.3 is 0 Å². The van der Waals surface area contributed by atoms with Crippen molar-refractivity contribution in [3.8, 4) is 17.2 Å². The number of aryl methyl sites for hydroxylation is 1. The third-order valence-electron chi connectivity index (χ3n) is 7.25. The van der Waals surface area contributed by atoms with E-state index in [0.29, 0.717) is 17.9 Å². The Hall–Kier alpha value is -3.98. The number of rotatable bonds is 10. The molecule has 1 aromatic heterocycles. The third kappa shape index (κ3) is 6.54. The summed E-state index contributed by atoms with van der Waals surface area (Å²) in [5.41, 5.74) is 2.21. The molecular formula is C30H37N3O6. The maximum absolute atomic E-state index is 13.4. The van der Waals surface area contributed by atoms with Gasteiger partial charge in [-0.1, -0.05) is 18.2 Å². The molecule has 4 rings (SSSR count). The highest BCUT2D eigenvalue weighted by molar-refractivity contribution is 5.77. The summed E-state index contributed by atoms with van der Waals surface area (Å²) >= 11 is 0. The zero-order chi connectivity index (χ0) is 28.1. The Bertz CT molecular complexity index is 1350. The molecule has 0 radical (unpaired) electrons. The van der Waals surface area contributed by atoms with Crippen LogP contribution in [-0.2, 0) is 4.79 Å². The molecule has 39 heavy (non-hydrogen) atoms. The van der Waals surface area contributed by atoms with E-state index >= 15 is 0 Å². The van der Waals surface area contributed by atoms with Crippen molar-refractivity contribution < 1.29 is 24.2 Å². The molecule has 9 nitrogen and oxygen atoms in total. The second kappa shape index (κ2) is 12.3. The number of aromatic hydroxyl groups is 2. The summed E-state index contributed by atoms with van der Waals surface area (Å²) in [5.74, 6) is -1.11. The van der Waals surface area contributed by atoms with Crippen LogP contribution in [0.3, 0.4) is 0 Å². The van der Waals surface area contributed by atoms with Crippen LogP contribution in [0.1, 0.15) is 53.9 Å². The molecule has 3 N–H and O–H groups in total.